The average Bonchev–Trinajstić information content (AvgIpc) is 2.49. The van der Waals surface area contributed by atoms with Crippen molar-refractivity contribution in [1.82, 2.24) is 4.98 Å². The highest BCUT2D eigenvalue weighted by Gasteiger charge is 1.95. The minimum atomic E-state index is -1.60. The minimum absolute atomic E-state index is 0.395. The lowest BCUT2D eigenvalue weighted by atomic mass is 10.5. The van der Waals surface area contributed by atoms with Crippen molar-refractivity contribution in [3.8, 4) is 0 Å². The third-order valence-electron chi connectivity index (χ3n) is 1.05. The van der Waals surface area contributed by atoms with Crippen LogP contribution in [0.15, 0.2) is 28.1 Å². The Hall–Kier alpha value is -0.420. The topological polar surface area (TPSA) is 12.9 Å². The minimum Gasteiger partial charge on any atom is -0.238 e. The predicted octanol–water partition coefficient (Wildman–Crippen LogP) is 3.41. The second kappa shape index (κ2) is 5.27. The van der Waals surface area contributed by atoms with Gasteiger partial charge in [0.05, 0.1) is 0 Å². The number of thioether (sulfide) groups is 1. The van der Waals surface area contributed by atoms with E-state index in [4.69, 9.17) is 0 Å². The molecule has 1 aromatic rings. The van der Waals surface area contributed by atoms with Gasteiger partial charge in [0, 0.05) is 17.3 Å². The second-order valence-corrected chi connectivity index (χ2v) is 4.17. The van der Waals surface area contributed by atoms with Crippen molar-refractivity contribution in [2.24, 2.45) is 0 Å². The summed E-state index contributed by atoms with van der Waals surface area (Å²) in [6.07, 6.45) is 1.43. The van der Waals surface area contributed by atoms with Crippen molar-refractivity contribution >= 4 is 23.1 Å². The molecule has 0 bridgehead atoms. The molecule has 0 N–H and O–H groups in total. The van der Waals surface area contributed by atoms with Crippen molar-refractivity contribution in [3.05, 3.63) is 23.7 Å². The van der Waals surface area contributed by atoms with Crippen LogP contribution in [0.3, 0.4) is 0 Å². The first-order valence-electron chi connectivity index (χ1n) is 3.32. The van der Waals surface area contributed by atoms with Gasteiger partial charge in [-0.2, -0.15) is 8.78 Å². The zero-order valence-corrected chi connectivity index (χ0v) is 7.80. The Morgan fingerprint density at radius 3 is 3.08 bits per heavy atom. The van der Waals surface area contributed by atoms with Gasteiger partial charge in [-0.3, -0.25) is 0 Å². The van der Waals surface area contributed by atoms with Crippen LogP contribution in [0.5, 0.6) is 0 Å². The average molecular weight is 207 g/mol. The number of nitrogens with zero attached hydrogens (tertiary/aromatic N) is 1. The van der Waals surface area contributed by atoms with Crippen LogP contribution in [0.2, 0.25) is 0 Å². The molecular weight excluding hydrogens is 200 g/mol. The molecule has 0 fully saturated rings. The summed E-state index contributed by atoms with van der Waals surface area (Å²) >= 11 is 3.02. The number of aromatic nitrogens is 1. The maximum Gasteiger partial charge on any atom is 0.266 e. The van der Waals surface area contributed by atoms with E-state index in [1.54, 1.807) is 6.20 Å². The summed E-state index contributed by atoms with van der Waals surface area (Å²) in [7, 11) is 0. The molecular formula is C7H7F2NS2. The SMILES string of the molecule is FC(F)=CCCSc1nccs1. The molecule has 66 valence electrons. The lowest BCUT2D eigenvalue weighted by Crippen LogP contribution is -1.75. The fourth-order valence-electron chi connectivity index (χ4n) is 0.596. The van der Waals surface area contributed by atoms with E-state index in [-0.39, 0.29) is 0 Å². The van der Waals surface area contributed by atoms with Crippen LogP contribution in [0.25, 0.3) is 0 Å². The van der Waals surface area contributed by atoms with E-state index >= 15 is 0 Å². The first-order chi connectivity index (χ1) is 5.79. The van der Waals surface area contributed by atoms with Gasteiger partial charge < -0.3 is 0 Å². The van der Waals surface area contributed by atoms with E-state index in [0.717, 1.165) is 10.4 Å². The molecule has 0 amide bonds. The monoisotopic (exact) mass is 207 g/mol. The molecule has 12 heavy (non-hydrogen) atoms. The van der Waals surface area contributed by atoms with E-state index < -0.39 is 6.08 Å². The predicted molar refractivity (Wildman–Crippen MR) is 47.8 cm³/mol. The molecule has 1 heterocycles. The molecule has 0 aliphatic rings. The molecule has 0 unspecified atom stereocenters. The first kappa shape index (κ1) is 9.67. The van der Waals surface area contributed by atoms with E-state index in [9.17, 15) is 8.78 Å². The van der Waals surface area contributed by atoms with Gasteiger partial charge in [-0.1, -0.05) is 11.8 Å². The van der Waals surface area contributed by atoms with E-state index in [1.807, 2.05) is 5.38 Å². The molecule has 0 aliphatic carbocycles. The summed E-state index contributed by atoms with van der Waals surface area (Å²) in [5, 5.41) is 1.87. The van der Waals surface area contributed by atoms with Crippen LogP contribution in [0, 0.1) is 0 Å². The van der Waals surface area contributed by atoms with Gasteiger partial charge in [-0.25, -0.2) is 4.98 Å². The van der Waals surface area contributed by atoms with Crippen molar-refractivity contribution < 1.29 is 8.78 Å². The quantitative estimate of drug-likeness (QED) is 0.554. The number of hydrogen-bond donors (Lipinski definition) is 0. The van der Waals surface area contributed by atoms with Crippen molar-refractivity contribution in [3.63, 3.8) is 0 Å². The Bertz CT molecular complexity index is 242. The highest BCUT2D eigenvalue weighted by molar-refractivity contribution is 8.00. The molecule has 1 aromatic heterocycles. The number of hydrogen-bond acceptors (Lipinski definition) is 3. The van der Waals surface area contributed by atoms with E-state index in [1.165, 1.54) is 23.1 Å². The number of thiazole rings is 1. The van der Waals surface area contributed by atoms with Crippen molar-refractivity contribution in [2.75, 3.05) is 5.75 Å². The number of rotatable bonds is 4. The Morgan fingerprint density at radius 1 is 1.67 bits per heavy atom. The molecule has 0 spiro atoms. The van der Waals surface area contributed by atoms with Crippen LogP contribution in [-0.4, -0.2) is 10.7 Å². The third-order valence-corrected chi connectivity index (χ3v) is 3.05. The van der Waals surface area contributed by atoms with E-state index in [0.29, 0.717) is 12.2 Å². The highest BCUT2D eigenvalue weighted by Crippen LogP contribution is 2.21. The second-order valence-electron chi connectivity index (χ2n) is 1.93. The molecule has 1 nitrogen and oxygen atoms in total. The largest absolute Gasteiger partial charge is 0.266 e. The summed E-state index contributed by atoms with van der Waals surface area (Å²) in [5.41, 5.74) is 0. The maximum atomic E-state index is 11.5. The summed E-state index contributed by atoms with van der Waals surface area (Å²) in [5.74, 6) is 0.658. The van der Waals surface area contributed by atoms with E-state index in [2.05, 4.69) is 4.98 Å². The van der Waals surface area contributed by atoms with Gasteiger partial charge in [-0.15, -0.1) is 11.3 Å². The Labute approximate surface area is 77.5 Å². The molecule has 0 saturated heterocycles. The first-order valence-corrected chi connectivity index (χ1v) is 5.19. The van der Waals surface area contributed by atoms with Gasteiger partial charge in [0.15, 0.2) is 0 Å². The normalized spacial score (nSPS) is 9.83. The molecule has 5 heteroatoms. The van der Waals surface area contributed by atoms with Crippen molar-refractivity contribution in [2.45, 2.75) is 10.8 Å². The van der Waals surface area contributed by atoms with Crippen LogP contribution >= 0.6 is 23.1 Å². The smallest absolute Gasteiger partial charge is 0.238 e. The summed E-state index contributed by atoms with van der Waals surface area (Å²) in [4.78, 5) is 4.01. The lowest BCUT2D eigenvalue weighted by molar-refractivity contribution is 0.418. The van der Waals surface area contributed by atoms with Crippen LogP contribution < -0.4 is 0 Å². The Balaban J connectivity index is 2.16. The van der Waals surface area contributed by atoms with Crippen LogP contribution in [0.1, 0.15) is 6.42 Å². The Morgan fingerprint density at radius 2 is 2.50 bits per heavy atom. The zero-order chi connectivity index (χ0) is 8.81. The summed E-state index contributed by atoms with van der Waals surface area (Å²) in [6.45, 7) is 0. The molecule has 0 aromatic carbocycles. The fourth-order valence-corrected chi connectivity index (χ4v) is 2.19. The Kier molecular flexibility index (Phi) is 4.24. The number of halogens is 2. The van der Waals surface area contributed by atoms with Crippen LogP contribution in [-0.2, 0) is 0 Å². The fraction of sp³-hybridized carbons (Fsp3) is 0.286. The van der Waals surface area contributed by atoms with Crippen LogP contribution in [0.4, 0.5) is 8.78 Å². The molecule has 1 rings (SSSR count). The third kappa shape index (κ3) is 3.82. The van der Waals surface area contributed by atoms with Crippen molar-refractivity contribution in [1.29, 1.82) is 0 Å². The highest BCUT2D eigenvalue weighted by atomic mass is 32.2. The van der Waals surface area contributed by atoms with Gasteiger partial charge >= 0.3 is 0 Å². The standard InChI is InChI=1S/C7H7F2NS2/c8-6(9)2-1-4-11-7-10-3-5-12-7/h2-3,5H,1,4H2. The van der Waals surface area contributed by atoms with Gasteiger partial charge in [0.1, 0.15) is 4.34 Å². The van der Waals surface area contributed by atoms with Gasteiger partial charge in [0.25, 0.3) is 6.08 Å². The molecule has 0 atom stereocenters. The zero-order valence-electron chi connectivity index (χ0n) is 6.17. The number of allylic oxidation sites excluding steroid dienone is 1. The molecule has 0 radical (unpaired) electrons. The van der Waals surface area contributed by atoms with Gasteiger partial charge in [0.2, 0.25) is 0 Å². The molecule has 0 aliphatic heterocycles. The molecule has 0 saturated carbocycles. The van der Waals surface area contributed by atoms with Gasteiger partial charge in [-0.05, 0) is 12.5 Å². The maximum absolute atomic E-state index is 11.5. The lowest BCUT2D eigenvalue weighted by Gasteiger charge is -1.91. The summed E-state index contributed by atoms with van der Waals surface area (Å²) in [6, 6.07) is 0. The summed E-state index contributed by atoms with van der Waals surface area (Å²) < 4.78 is 24.0.